The Balaban J connectivity index is 5.28. The predicted molar refractivity (Wildman–Crippen MR) is 111 cm³/mol. The lowest BCUT2D eigenvalue weighted by Crippen LogP contribution is -2.46. The molecule has 0 aromatic carbocycles. The highest BCUT2D eigenvalue weighted by Gasteiger charge is 2.30. The molecule has 1 N–H and O–H groups in total. The van der Waals surface area contributed by atoms with Gasteiger partial charge in [0, 0.05) is 32.4 Å². The van der Waals surface area contributed by atoms with Crippen LogP contribution in [0.25, 0.3) is 0 Å². The van der Waals surface area contributed by atoms with Crippen LogP contribution in [-0.4, -0.2) is 40.5 Å². The van der Waals surface area contributed by atoms with Gasteiger partial charge in [-0.3, -0.25) is 15.0 Å². The van der Waals surface area contributed by atoms with Crippen molar-refractivity contribution in [2.45, 2.75) is 98.1 Å². The second-order valence-corrected chi connectivity index (χ2v) is 7.76. The average Bonchev–Trinajstić information content (AvgIpc) is 2.56. The number of rotatable bonds is 14. The first-order chi connectivity index (χ1) is 12.2. The third-order valence-corrected chi connectivity index (χ3v) is 4.84. The lowest BCUT2D eigenvalue weighted by Gasteiger charge is -2.36. The predicted octanol–water partition coefficient (Wildman–Crippen LogP) is 4.84. The van der Waals surface area contributed by atoms with Crippen molar-refractivity contribution in [1.29, 1.82) is 5.41 Å². The Morgan fingerprint density at radius 2 is 1.69 bits per heavy atom. The molecule has 0 aliphatic heterocycles. The van der Waals surface area contributed by atoms with Gasteiger partial charge < -0.3 is 9.64 Å². The van der Waals surface area contributed by atoms with Gasteiger partial charge in [0.15, 0.2) is 6.10 Å². The molecule has 5 nitrogen and oxygen atoms in total. The van der Waals surface area contributed by atoms with Crippen LogP contribution in [0.4, 0.5) is 0 Å². The number of thiol groups is 1. The molecule has 6 heteroatoms. The van der Waals surface area contributed by atoms with Crippen LogP contribution in [0.3, 0.4) is 0 Å². The van der Waals surface area contributed by atoms with E-state index in [2.05, 4.69) is 40.3 Å². The maximum Gasteiger partial charge on any atom is 0.303 e. The molecule has 0 spiro atoms. The molecule has 0 bridgehead atoms. The van der Waals surface area contributed by atoms with Gasteiger partial charge in [0.2, 0.25) is 5.91 Å². The average molecular weight is 387 g/mol. The summed E-state index contributed by atoms with van der Waals surface area (Å²) >= 11 is 4.09. The third kappa shape index (κ3) is 10.2. The van der Waals surface area contributed by atoms with Crippen LogP contribution < -0.4 is 0 Å². The van der Waals surface area contributed by atoms with Crippen molar-refractivity contribution in [2.75, 3.05) is 6.54 Å². The minimum atomic E-state index is -0.694. The molecule has 0 rings (SSSR count). The number of carbonyl (C=O) groups excluding carboxylic acids is 2. The molecule has 2 unspecified atom stereocenters. The maximum atomic E-state index is 12.8. The lowest BCUT2D eigenvalue weighted by molar-refractivity contribution is -0.144. The fourth-order valence-electron chi connectivity index (χ4n) is 3.05. The first-order valence-corrected chi connectivity index (χ1v) is 10.4. The zero-order valence-electron chi connectivity index (χ0n) is 17.2. The molecule has 152 valence electrons. The van der Waals surface area contributed by atoms with Gasteiger partial charge in [-0.1, -0.05) is 53.4 Å². The summed E-state index contributed by atoms with van der Waals surface area (Å²) in [6.07, 6.45) is 6.54. The summed E-state index contributed by atoms with van der Waals surface area (Å²) < 4.78 is 5.27. The second-order valence-electron chi connectivity index (χ2n) is 7.28. The standard InChI is InChI=1S/C20H38N2O3S/c1-6-8-10-11-13-22(19(24)12-9-7-2)17(15(3)4)14-18(20(21)26)25-16(5)23/h15,17-18H,6-14H2,1-5H3,(H2,21,26). The van der Waals surface area contributed by atoms with Crippen LogP contribution >= 0.6 is 12.6 Å². The fraction of sp³-hybridized carbons (Fsp3) is 0.850. The molecule has 1 amide bonds. The maximum absolute atomic E-state index is 12.8. The Morgan fingerprint density at radius 1 is 1.08 bits per heavy atom. The van der Waals surface area contributed by atoms with Crippen LogP contribution in [0.15, 0.2) is 0 Å². The Labute approximate surface area is 165 Å². The minimum absolute atomic E-state index is 0.0257. The molecule has 0 aliphatic rings. The van der Waals surface area contributed by atoms with E-state index in [1.165, 1.54) is 13.3 Å². The number of hydrogen-bond donors (Lipinski definition) is 2. The summed E-state index contributed by atoms with van der Waals surface area (Å²) in [7, 11) is 0. The molecule has 0 heterocycles. The Hall–Kier alpha value is -1.04. The van der Waals surface area contributed by atoms with E-state index in [1.54, 1.807) is 0 Å². The molecule has 2 atom stereocenters. The molecule has 0 aromatic rings. The number of nitrogens with zero attached hydrogens (tertiary/aromatic N) is 1. The van der Waals surface area contributed by atoms with Crippen LogP contribution in [0.2, 0.25) is 0 Å². The van der Waals surface area contributed by atoms with Crippen molar-refractivity contribution in [2.24, 2.45) is 5.92 Å². The highest BCUT2D eigenvalue weighted by atomic mass is 32.1. The molecule has 26 heavy (non-hydrogen) atoms. The van der Waals surface area contributed by atoms with Crippen LogP contribution in [-0.2, 0) is 14.3 Å². The molecule has 0 aromatic heterocycles. The van der Waals surface area contributed by atoms with E-state index in [-0.39, 0.29) is 22.9 Å². The number of nitrogens with one attached hydrogen (secondary N) is 1. The van der Waals surface area contributed by atoms with E-state index in [9.17, 15) is 9.59 Å². The van der Waals surface area contributed by atoms with Crippen molar-refractivity contribution < 1.29 is 14.3 Å². The van der Waals surface area contributed by atoms with Gasteiger partial charge in [0.05, 0.1) is 0 Å². The van der Waals surface area contributed by atoms with E-state index in [0.717, 1.165) is 38.6 Å². The van der Waals surface area contributed by atoms with Gasteiger partial charge in [-0.2, -0.15) is 0 Å². The van der Waals surface area contributed by atoms with Crippen molar-refractivity contribution in [3.8, 4) is 0 Å². The number of unbranched alkanes of at least 4 members (excludes halogenated alkanes) is 4. The van der Waals surface area contributed by atoms with E-state index >= 15 is 0 Å². The number of ether oxygens (including phenoxy) is 1. The van der Waals surface area contributed by atoms with Gasteiger partial charge >= 0.3 is 5.97 Å². The molecule has 0 radical (unpaired) electrons. The summed E-state index contributed by atoms with van der Waals surface area (Å²) in [5.41, 5.74) is 0. The van der Waals surface area contributed by atoms with E-state index in [4.69, 9.17) is 10.1 Å². The summed E-state index contributed by atoms with van der Waals surface area (Å²) in [4.78, 5) is 26.2. The Morgan fingerprint density at radius 3 is 2.15 bits per heavy atom. The van der Waals surface area contributed by atoms with Gasteiger partial charge in [0.25, 0.3) is 0 Å². The zero-order valence-corrected chi connectivity index (χ0v) is 18.1. The molecule has 0 saturated heterocycles. The van der Waals surface area contributed by atoms with Crippen LogP contribution in [0.5, 0.6) is 0 Å². The smallest absolute Gasteiger partial charge is 0.303 e. The van der Waals surface area contributed by atoms with Crippen molar-refractivity contribution in [1.82, 2.24) is 4.90 Å². The van der Waals surface area contributed by atoms with Gasteiger partial charge in [-0.15, -0.1) is 12.6 Å². The van der Waals surface area contributed by atoms with Crippen molar-refractivity contribution in [3.05, 3.63) is 0 Å². The molecule has 0 aliphatic carbocycles. The van der Waals surface area contributed by atoms with E-state index < -0.39 is 12.1 Å². The second kappa shape index (κ2) is 14.1. The molecule has 0 fully saturated rings. The Kier molecular flexibility index (Phi) is 13.5. The van der Waals surface area contributed by atoms with E-state index in [0.29, 0.717) is 12.8 Å². The first-order valence-electron chi connectivity index (χ1n) is 9.98. The van der Waals surface area contributed by atoms with Crippen molar-refractivity contribution >= 4 is 29.5 Å². The summed E-state index contributed by atoms with van der Waals surface area (Å²) in [6, 6.07) is -0.0715. The molecular formula is C20H38N2O3S. The Bertz CT molecular complexity index is 441. The van der Waals surface area contributed by atoms with Crippen LogP contribution in [0, 0.1) is 11.3 Å². The highest BCUT2D eigenvalue weighted by Crippen LogP contribution is 2.22. The topological polar surface area (TPSA) is 70.5 Å². The monoisotopic (exact) mass is 386 g/mol. The third-order valence-electron chi connectivity index (χ3n) is 4.56. The minimum Gasteiger partial charge on any atom is -0.455 e. The number of hydrogen-bond acceptors (Lipinski definition) is 4. The number of esters is 1. The largest absolute Gasteiger partial charge is 0.455 e. The fourth-order valence-corrected chi connectivity index (χ4v) is 3.21. The number of amides is 1. The quantitative estimate of drug-likeness (QED) is 0.148. The van der Waals surface area contributed by atoms with Gasteiger partial charge in [-0.05, 0) is 18.8 Å². The van der Waals surface area contributed by atoms with Crippen molar-refractivity contribution in [3.63, 3.8) is 0 Å². The molecular weight excluding hydrogens is 348 g/mol. The SMILES string of the molecule is CCCCCCN(C(=O)CCCC)C(CC(OC(C)=O)C(=N)S)C(C)C. The zero-order chi connectivity index (χ0) is 20.1. The lowest BCUT2D eigenvalue weighted by atomic mass is 9.95. The summed E-state index contributed by atoms with van der Waals surface area (Å²) in [6.45, 7) is 10.5. The first kappa shape index (κ1) is 25.0. The van der Waals surface area contributed by atoms with Gasteiger partial charge in [0.1, 0.15) is 5.04 Å². The van der Waals surface area contributed by atoms with E-state index in [1.807, 2.05) is 4.90 Å². The number of carbonyl (C=O) groups is 2. The highest BCUT2D eigenvalue weighted by molar-refractivity contribution is 7.97. The normalized spacial score (nSPS) is 13.3. The van der Waals surface area contributed by atoms with Crippen LogP contribution in [0.1, 0.15) is 86.0 Å². The summed E-state index contributed by atoms with van der Waals surface area (Å²) in [5, 5.41) is 7.84. The van der Waals surface area contributed by atoms with Gasteiger partial charge in [-0.25, -0.2) is 0 Å². The molecule has 0 saturated carbocycles. The summed E-state index contributed by atoms with van der Waals surface area (Å²) in [5.74, 6) is -0.0603.